The highest BCUT2D eigenvalue weighted by atomic mass is 79.9. The first-order valence-corrected chi connectivity index (χ1v) is 7.85. The zero-order valence-corrected chi connectivity index (χ0v) is 14.1. The Morgan fingerprint density at radius 1 is 1.33 bits per heavy atom. The Labute approximate surface area is 133 Å². The van der Waals surface area contributed by atoms with Gasteiger partial charge in [-0.15, -0.1) is 0 Å². The Hall–Kier alpha value is -1.62. The number of nitrogens with zero attached hydrogens (tertiary/aromatic N) is 1. The fraction of sp³-hybridized carbons (Fsp3) is 0.375. The Morgan fingerprint density at radius 2 is 2.00 bits per heavy atom. The normalized spacial score (nSPS) is 12.2. The molecule has 112 valence electrons. The first kappa shape index (κ1) is 15.8. The molecule has 2 rings (SSSR count). The lowest BCUT2D eigenvalue weighted by Gasteiger charge is -2.17. The summed E-state index contributed by atoms with van der Waals surface area (Å²) in [6.45, 7) is 5.92. The Morgan fingerprint density at radius 3 is 2.52 bits per heavy atom. The van der Waals surface area contributed by atoms with Crippen molar-refractivity contribution in [2.24, 2.45) is 0 Å². The van der Waals surface area contributed by atoms with Crippen LogP contribution in [0.5, 0.6) is 0 Å². The van der Waals surface area contributed by atoms with Gasteiger partial charge in [0, 0.05) is 15.7 Å². The van der Waals surface area contributed by atoms with E-state index >= 15 is 0 Å². The molecule has 0 aliphatic carbocycles. The number of amides is 1. The highest BCUT2D eigenvalue weighted by molar-refractivity contribution is 9.10. The first-order chi connectivity index (χ1) is 10.0. The number of aromatic amines is 1. The summed E-state index contributed by atoms with van der Waals surface area (Å²) in [6.07, 6.45) is 1.22. The van der Waals surface area contributed by atoms with E-state index in [9.17, 15) is 4.79 Å². The quantitative estimate of drug-likeness (QED) is 0.866. The fourth-order valence-electron chi connectivity index (χ4n) is 2.36. The highest BCUT2D eigenvalue weighted by Crippen LogP contribution is 2.20. The summed E-state index contributed by atoms with van der Waals surface area (Å²) in [5.74, 6) is 0.0253. The van der Waals surface area contributed by atoms with Crippen LogP contribution in [-0.4, -0.2) is 16.1 Å². The molecule has 0 spiro atoms. The standard InChI is InChI=1S/C16H20BrN3O/c1-4-15(12-5-7-13(17)8-6-12)18-16(21)9-14-10(2)19-20-11(14)3/h5-8,15H,4,9H2,1-3H3,(H,18,21)(H,19,20)/t15-/m1/s1. The first-order valence-electron chi connectivity index (χ1n) is 7.06. The van der Waals surface area contributed by atoms with Crippen molar-refractivity contribution >= 4 is 21.8 Å². The predicted molar refractivity (Wildman–Crippen MR) is 87.1 cm³/mol. The van der Waals surface area contributed by atoms with Crippen LogP contribution in [0.3, 0.4) is 0 Å². The number of carbonyl (C=O) groups excluding carboxylic acids is 1. The SMILES string of the molecule is CC[C@@H](NC(=O)Cc1c(C)n[nH]c1C)c1ccc(Br)cc1. The van der Waals surface area contributed by atoms with Gasteiger partial charge in [0.2, 0.25) is 5.91 Å². The van der Waals surface area contributed by atoms with E-state index in [2.05, 4.69) is 38.4 Å². The van der Waals surface area contributed by atoms with Gasteiger partial charge in [0.1, 0.15) is 0 Å². The second kappa shape index (κ2) is 6.89. The van der Waals surface area contributed by atoms with E-state index in [1.807, 2.05) is 38.1 Å². The van der Waals surface area contributed by atoms with Gasteiger partial charge < -0.3 is 5.32 Å². The van der Waals surface area contributed by atoms with Crippen LogP contribution in [0.25, 0.3) is 0 Å². The van der Waals surface area contributed by atoms with E-state index in [1.165, 1.54) is 0 Å². The molecular formula is C16H20BrN3O. The number of carbonyl (C=O) groups is 1. The minimum absolute atomic E-state index is 0.0253. The van der Waals surface area contributed by atoms with Crippen LogP contribution in [0.15, 0.2) is 28.7 Å². The van der Waals surface area contributed by atoms with Crippen LogP contribution in [-0.2, 0) is 11.2 Å². The van der Waals surface area contributed by atoms with Crippen molar-refractivity contribution in [1.29, 1.82) is 0 Å². The molecule has 0 saturated carbocycles. The maximum absolute atomic E-state index is 12.3. The van der Waals surface area contributed by atoms with Gasteiger partial charge in [-0.1, -0.05) is 35.0 Å². The van der Waals surface area contributed by atoms with Gasteiger partial charge in [-0.3, -0.25) is 9.89 Å². The molecule has 2 aromatic rings. The lowest BCUT2D eigenvalue weighted by Crippen LogP contribution is -2.29. The minimum Gasteiger partial charge on any atom is -0.349 e. The molecular weight excluding hydrogens is 330 g/mol. The van der Waals surface area contributed by atoms with Crippen molar-refractivity contribution in [3.63, 3.8) is 0 Å². The van der Waals surface area contributed by atoms with Crippen LogP contribution < -0.4 is 5.32 Å². The Balaban J connectivity index is 2.05. The summed E-state index contributed by atoms with van der Waals surface area (Å²) in [5, 5.41) is 10.1. The summed E-state index contributed by atoms with van der Waals surface area (Å²) in [7, 11) is 0. The molecule has 0 fully saturated rings. The van der Waals surface area contributed by atoms with Crippen molar-refractivity contribution < 1.29 is 4.79 Å². The van der Waals surface area contributed by atoms with E-state index in [4.69, 9.17) is 0 Å². The molecule has 1 aromatic heterocycles. The lowest BCUT2D eigenvalue weighted by molar-refractivity contribution is -0.121. The summed E-state index contributed by atoms with van der Waals surface area (Å²) in [6, 6.07) is 8.10. The smallest absolute Gasteiger partial charge is 0.225 e. The molecule has 0 aliphatic rings. The fourth-order valence-corrected chi connectivity index (χ4v) is 2.62. The van der Waals surface area contributed by atoms with Crippen molar-refractivity contribution in [2.45, 2.75) is 39.7 Å². The van der Waals surface area contributed by atoms with Crippen LogP contribution in [0, 0.1) is 13.8 Å². The summed E-state index contributed by atoms with van der Waals surface area (Å²) >= 11 is 3.43. The maximum Gasteiger partial charge on any atom is 0.225 e. The number of benzene rings is 1. The van der Waals surface area contributed by atoms with Crippen molar-refractivity contribution in [3.8, 4) is 0 Å². The third-order valence-corrected chi connectivity index (χ3v) is 4.16. The van der Waals surface area contributed by atoms with Gasteiger partial charge in [-0.05, 0) is 38.0 Å². The molecule has 1 amide bonds. The predicted octanol–water partition coefficient (Wildman–Crippen LogP) is 3.60. The molecule has 21 heavy (non-hydrogen) atoms. The van der Waals surface area contributed by atoms with Gasteiger partial charge in [-0.2, -0.15) is 5.10 Å². The lowest BCUT2D eigenvalue weighted by atomic mass is 10.0. The molecule has 0 unspecified atom stereocenters. The number of hydrogen-bond acceptors (Lipinski definition) is 2. The molecule has 0 aliphatic heterocycles. The maximum atomic E-state index is 12.3. The Bertz CT molecular complexity index is 599. The number of hydrogen-bond donors (Lipinski definition) is 2. The van der Waals surface area contributed by atoms with Crippen molar-refractivity contribution in [1.82, 2.24) is 15.5 Å². The van der Waals surface area contributed by atoms with Gasteiger partial charge in [0.05, 0.1) is 18.2 Å². The van der Waals surface area contributed by atoms with E-state index in [-0.39, 0.29) is 11.9 Å². The summed E-state index contributed by atoms with van der Waals surface area (Å²) < 4.78 is 1.04. The second-order valence-electron chi connectivity index (χ2n) is 5.17. The monoisotopic (exact) mass is 349 g/mol. The van der Waals surface area contributed by atoms with Crippen LogP contribution >= 0.6 is 15.9 Å². The number of H-pyrrole nitrogens is 1. The van der Waals surface area contributed by atoms with Crippen LogP contribution in [0.1, 0.15) is 41.9 Å². The third kappa shape index (κ3) is 3.94. The number of rotatable bonds is 5. The molecule has 0 radical (unpaired) electrons. The van der Waals surface area contributed by atoms with Crippen LogP contribution in [0.2, 0.25) is 0 Å². The summed E-state index contributed by atoms with van der Waals surface area (Å²) in [5.41, 5.74) is 3.95. The molecule has 1 atom stereocenters. The average molecular weight is 350 g/mol. The largest absolute Gasteiger partial charge is 0.349 e. The van der Waals surface area contributed by atoms with E-state index < -0.39 is 0 Å². The zero-order chi connectivity index (χ0) is 15.4. The second-order valence-corrected chi connectivity index (χ2v) is 6.08. The van der Waals surface area contributed by atoms with E-state index in [1.54, 1.807) is 0 Å². The number of nitrogens with one attached hydrogen (secondary N) is 2. The molecule has 2 N–H and O–H groups in total. The van der Waals surface area contributed by atoms with Crippen molar-refractivity contribution in [2.75, 3.05) is 0 Å². The van der Waals surface area contributed by atoms with Gasteiger partial charge in [0.15, 0.2) is 0 Å². The average Bonchev–Trinajstić information content (AvgIpc) is 2.78. The highest BCUT2D eigenvalue weighted by Gasteiger charge is 2.16. The minimum atomic E-state index is 0.0253. The molecule has 0 bridgehead atoms. The van der Waals surface area contributed by atoms with E-state index in [0.717, 1.165) is 33.4 Å². The van der Waals surface area contributed by atoms with Gasteiger partial charge >= 0.3 is 0 Å². The van der Waals surface area contributed by atoms with Gasteiger partial charge in [-0.25, -0.2) is 0 Å². The number of halogens is 1. The van der Waals surface area contributed by atoms with E-state index in [0.29, 0.717) is 6.42 Å². The molecule has 1 heterocycles. The van der Waals surface area contributed by atoms with Gasteiger partial charge in [0.25, 0.3) is 0 Å². The molecule has 4 nitrogen and oxygen atoms in total. The zero-order valence-electron chi connectivity index (χ0n) is 12.5. The number of aromatic nitrogens is 2. The van der Waals surface area contributed by atoms with Crippen molar-refractivity contribution in [3.05, 3.63) is 51.3 Å². The molecule has 1 aromatic carbocycles. The Kier molecular flexibility index (Phi) is 5.17. The van der Waals surface area contributed by atoms with Crippen LogP contribution in [0.4, 0.5) is 0 Å². The molecule has 0 saturated heterocycles. The topological polar surface area (TPSA) is 57.8 Å². The molecule has 5 heteroatoms. The third-order valence-electron chi connectivity index (χ3n) is 3.63. The summed E-state index contributed by atoms with van der Waals surface area (Å²) in [4.78, 5) is 12.3. The number of aryl methyl sites for hydroxylation is 2.